The average molecular weight is 284 g/mol. The molecule has 98 valence electrons. The smallest absolute Gasteiger partial charge is 0.184 e. The van der Waals surface area contributed by atoms with Crippen LogP contribution in [0.3, 0.4) is 0 Å². The van der Waals surface area contributed by atoms with Crippen molar-refractivity contribution in [1.29, 1.82) is 0 Å². The number of halogens is 3. The molecule has 0 saturated carbocycles. The van der Waals surface area contributed by atoms with E-state index in [0.29, 0.717) is 17.0 Å². The summed E-state index contributed by atoms with van der Waals surface area (Å²) < 4.78 is 33.5. The van der Waals surface area contributed by atoms with E-state index in [-0.39, 0.29) is 17.9 Å². The minimum Gasteiger partial charge on any atom is -0.364 e. The molecule has 4 nitrogen and oxygen atoms in total. The fourth-order valence-corrected chi connectivity index (χ4v) is 2.16. The number of hydrogen-bond acceptors (Lipinski definition) is 3. The summed E-state index contributed by atoms with van der Waals surface area (Å²) in [5.74, 6) is -1.32. The van der Waals surface area contributed by atoms with Gasteiger partial charge in [0.05, 0.1) is 17.9 Å². The number of nitrogens with zero attached hydrogens (tertiary/aromatic N) is 3. The first-order valence-corrected chi connectivity index (χ1v) is 6.02. The molecule has 0 aliphatic carbocycles. The van der Waals surface area contributed by atoms with Crippen LogP contribution in [0.2, 0.25) is 0 Å². The molecule has 1 aromatic carbocycles. The Balaban J connectivity index is 2.22. The van der Waals surface area contributed by atoms with E-state index in [1.165, 1.54) is 16.9 Å². The molecule has 0 aliphatic heterocycles. The van der Waals surface area contributed by atoms with Crippen molar-refractivity contribution in [2.24, 2.45) is 0 Å². The SMILES string of the molecule is Fc1ccc2nc(CCl)n(Cc3ccon3)c2c1F. The maximum Gasteiger partial charge on any atom is 0.184 e. The molecule has 0 spiro atoms. The summed E-state index contributed by atoms with van der Waals surface area (Å²) in [5.41, 5.74) is 1.02. The van der Waals surface area contributed by atoms with E-state index < -0.39 is 11.6 Å². The summed E-state index contributed by atoms with van der Waals surface area (Å²) in [6.07, 6.45) is 1.41. The van der Waals surface area contributed by atoms with E-state index in [0.717, 1.165) is 6.07 Å². The van der Waals surface area contributed by atoms with E-state index >= 15 is 0 Å². The van der Waals surface area contributed by atoms with Gasteiger partial charge in [0.2, 0.25) is 0 Å². The van der Waals surface area contributed by atoms with Gasteiger partial charge in [0.25, 0.3) is 0 Å². The summed E-state index contributed by atoms with van der Waals surface area (Å²) >= 11 is 5.79. The Morgan fingerprint density at radius 2 is 2.11 bits per heavy atom. The molecule has 0 atom stereocenters. The highest BCUT2D eigenvalue weighted by molar-refractivity contribution is 6.16. The molecule has 0 N–H and O–H groups in total. The second kappa shape index (κ2) is 4.62. The van der Waals surface area contributed by atoms with Crippen LogP contribution in [-0.2, 0) is 12.4 Å². The van der Waals surface area contributed by atoms with E-state index in [1.807, 2.05) is 0 Å². The van der Waals surface area contributed by atoms with Crippen molar-refractivity contribution in [3.63, 3.8) is 0 Å². The molecule has 2 heterocycles. The van der Waals surface area contributed by atoms with E-state index in [2.05, 4.69) is 10.1 Å². The highest BCUT2D eigenvalue weighted by Gasteiger charge is 2.17. The van der Waals surface area contributed by atoms with Crippen LogP contribution >= 0.6 is 11.6 Å². The second-order valence-electron chi connectivity index (χ2n) is 3.97. The van der Waals surface area contributed by atoms with Gasteiger partial charge in [0, 0.05) is 6.07 Å². The second-order valence-corrected chi connectivity index (χ2v) is 4.23. The van der Waals surface area contributed by atoms with Crippen molar-refractivity contribution in [2.45, 2.75) is 12.4 Å². The van der Waals surface area contributed by atoms with Crippen LogP contribution in [-0.4, -0.2) is 14.7 Å². The molecule has 3 rings (SSSR count). The Hall–Kier alpha value is -1.95. The van der Waals surface area contributed by atoms with Gasteiger partial charge in [-0.3, -0.25) is 0 Å². The molecule has 2 aromatic heterocycles. The summed E-state index contributed by atoms with van der Waals surface area (Å²) in [6.45, 7) is 0.218. The van der Waals surface area contributed by atoms with Crippen LogP contribution in [0.4, 0.5) is 8.78 Å². The fraction of sp³-hybridized carbons (Fsp3) is 0.167. The number of aromatic nitrogens is 3. The molecule has 0 saturated heterocycles. The van der Waals surface area contributed by atoms with Gasteiger partial charge < -0.3 is 9.09 Å². The highest BCUT2D eigenvalue weighted by Crippen LogP contribution is 2.23. The van der Waals surface area contributed by atoms with Crippen molar-refractivity contribution in [3.8, 4) is 0 Å². The maximum absolute atomic E-state index is 13.9. The van der Waals surface area contributed by atoms with Crippen LogP contribution in [0.1, 0.15) is 11.5 Å². The van der Waals surface area contributed by atoms with Gasteiger partial charge in [-0.1, -0.05) is 5.16 Å². The topological polar surface area (TPSA) is 43.9 Å². The predicted octanol–water partition coefficient (Wildman–Crippen LogP) is 3.09. The third kappa shape index (κ3) is 1.98. The number of benzene rings is 1. The zero-order valence-corrected chi connectivity index (χ0v) is 10.4. The zero-order valence-electron chi connectivity index (χ0n) is 9.61. The Morgan fingerprint density at radius 1 is 1.26 bits per heavy atom. The van der Waals surface area contributed by atoms with E-state index in [4.69, 9.17) is 16.1 Å². The van der Waals surface area contributed by atoms with Crippen molar-refractivity contribution in [2.75, 3.05) is 0 Å². The van der Waals surface area contributed by atoms with Crippen molar-refractivity contribution in [3.05, 3.63) is 47.6 Å². The highest BCUT2D eigenvalue weighted by atomic mass is 35.5. The summed E-state index contributed by atoms with van der Waals surface area (Å²) in [5, 5.41) is 3.74. The van der Waals surface area contributed by atoms with E-state index in [1.54, 1.807) is 6.07 Å². The van der Waals surface area contributed by atoms with Crippen molar-refractivity contribution in [1.82, 2.24) is 14.7 Å². The largest absolute Gasteiger partial charge is 0.364 e. The minimum atomic E-state index is -0.940. The lowest BCUT2D eigenvalue weighted by Crippen LogP contribution is -2.05. The lowest BCUT2D eigenvalue weighted by atomic mass is 10.3. The molecule has 0 amide bonds. The number of imidazole rings is 1. The van der Waals surface area contributed by atoms with Crippen LogP contribution in [0, 0.1) is 11.6 Å². The lowest BCUT2D eigenvalue weighted by molar-refractivity contribution is 0.409. The zero-order chi connectivity index (χ0) is 13.4. The Bertz CT molecular complexity index is 724. The van der Waals surface area contributed by atoms with Crippen LogP contribution < -0.4 is 0 Å². The molecule has 0 aliphatic rings. The number of rotatable bonds is 3. The fourth-order valence-electron chi connectivity index (χ4n) is 1.96. The van der Waals surface area contributed by atoms with Gasteiger partial charge in [-0.15, -0.1) is 11.6 Å². The monoisotopic (exact) mass is 283 g/mol. The van der Waals surface area contributed by atoms with Gasteiger partial charge in [-0.2, -0.15) is 0 Å². The third-order valence-electron chi connectivity index (χ3n) is 2.81. The van der Waals surface area contributed by atoms with Crippen LogP contribution in [0.5, 0.6) is 0 Å². The molecule has 0 unspecified atom stereocenters. The Morgan fingerprint density at radius 3 is 2.79 bits per heavy atom. The quantitative estimate of drug-likeness (QED) is 0.694. The lowest BCUT2D eigenvalue weighted by Gasteiger charge is -2.05. The Kier molecular flexibility index (Phi) is 2.94. The van der Waals surface area contributed by atoms with Crippen LogP contribution in [0.15, 0.2) is 29.0 Å². The molecule has 0 fully saturated rings. The molecule has 0 bridgehead atoms. The molecular formula is C12H8ClF2N3O. The maximum atomic E-state index is 13.9. The van der Waals surface area contributed by atoms with Gasteiger partial charge in [-0.25, -0.2) is 13.8 Å². The molecule has 3 aromatic rings. The molecule has 7 heteroatoms. The summed E-state index contributed by atoms with van der Waals surface area (Å²) in [7, 11) is 0. The third-order valence-corrected chi connectivity index (χ3v) is 3.05. The van der Waals surface area contributed by atoms with Crippen molar-refractivity contribution < 1.29 is 13.3 Å². The van der Waals surface area contributed by atoms with Gasteiger partial charge >= 0.3 is 0 Å². The van der Waals surface area contributed by atoms with Crippen LogP contribution in [0.25, 0.3) is 11.0 Å². The first-order valence-electron chi connectivity index (χ1n) is 5.49. The summed E-state index contributed by atoms with van der Waals surface area (Å²) in [6, 6.07) is 4.10. The van der Waals surface area contributed by atoms with Gasteiger partial charge in [0.15, 0.2) is 11.6 Å². The first-order chi connectivity index (χ1) is 9.20. The molecular weight excluding hydrogens is 276 g/mol. The van der Waals surface area contributed by atoms with E-state index in [9.17, 15) is 8.78 Å². The normalized spacial score (nSPS) is 11.3. The minimum absolute atomic E-state index is 0.0821. The number of hydrogen-bond donors (Lipinski definition) is 0. The average Bonchev–Trinajstić information content (AvgIpc) is 3.02. The van der Waals surface area contributed by atoms with Gasteiger partial charge in [0.1, 0.15) is 23.3 Å². The predicted molar refractivity (Wildman–Crippen MR) is 64.8 cm³/mol. The number of fused-ring (bicyclic) bond motifs is 1. The number of alkyl halides is 1. The van der Waals surface area contributed by atoms with Crippen molar-refractivity contribution >= 4 is 22.6 Å². The molecule has 19 heavy (non-hydrogen) atoms. The van der Waals surface area contributed by atoms with Gasteiger partial charge in [-0.05, 0) is 12.1 Å². The molecule has 0 radical (unpaired) electrons. The Labute approximate surface area is 111 Å². The standard InChI is InChI=1S/C12H8ClF2N3O/c13-5-10-16-9-2-1-8(14)11(15)12(9)18(10)6-7-3-4-19-17-7/h1-4H,5-6H2. The summed E-state index contributed by atoms with van der Waals surface area (Å²) in [4.78, 5) is 4.18. The first kappa shape index (κ1) is 12.1.